The molecule has 1 aromatic heterocycles. The van der Waals surface area contributed by atoms with Crippen molar-refractivity contribution in [3.05, 3.63) is 96.2 Å². The number of para-hydroxylation sites is 1. The van der Waals surface area contributed by atoms with Crippen molar-refractivity contribution in [3.8, 4) is 0 Å². The molecule has 0 radical (unpaired) electrons. The maximum absolute atomic E-state index is 15.4. The maximum atomic E-state index is 15.4. The molecular weight excluding hydrogens is 455 g/mol. The van der Waals surface area contributed by atoms with Crippen LogP contribution in [0.25, 0.3) is 10.9 Å². The Morgan fingerprint density at radius 1 is 1.00 bits per heavy atom. The Morgan fingerprint density at radius 2 is 1.60 bits per heavy atom. The first-order valence-corrected chi connectivity index (χ1v) is 14.0. The Bertz CT molecular complexity index is 1360. The van der Waals surface area contributed by atoms with Crippen molar-refractivity contribution < 1.29 is 14.4 Å². The summed E-state index contributed by atoms with van der Waals surface area (Å²) >= 11 is 0. The average molecular weight is 487 g/mol. The molecule has 6 heteroatoms. The van der Waals surface area contributed by atoms with Gasteiger partial charge in [0.05, 0.1) is 5.69 Å². The van der Waals surface area contributed by atoms with E-state index in [4.69, 9.17) is 4.74 Å². The number of aromatic amines is 1. The number of rotatable bonds is 5. The number of aliphatic hydroxyl groups is 1. The summed E-state index contributed by atoms with van der Waals surface area (Å²) in [6.45, 7) is 0.869. The summed E-state index contributed by atoms with van der Waals surface area (Å²) in [7, 11) is 0.310. The summed E-state index contributed by atoms with van der Waals surface area (Å²) < 4.78 is 21.6. The minimum atomic E-state index is -3.43. The lowest BCUT2D eigenvalue weighted by Gasteiger charge is -2.52. The van der Waals surface area contributed by atoms with E-state index in [-0.39, 0.29) is 12.0 Å². The van der Waals surface area contributed by atoms with Crippen LogP contribution < -0.4 is 10.6 Å². The fourth-order valence-electron chi connectivity index (χ4n) is 6.50. The summed E-state index contributed by atoms with van der Waals surface area (Å²) in [6, 6.07) is 27.5. The van der Waals surface area contributed by atoms with E-state index < -0.39 is 18.6 Å². The van der Waals surface area contributed by atoms with Gasteiger partial charge in [-0.2, -0.15) is 0 Å². The van der Waals surface area contributed by atoms with E-state index in [1.807, 2.05) is 78.9 Å². The highest BCUT2D eigenvalue weighted by Crippen LogP contribution is 2.62. The van der Waals surface area contributed by atoms with Gasteiger partial charge >= 0.3 is 0 Å². The molecule has 2 heterocycles. The summed E-state index contributed by atoms with van der Waals surface area (Å²) in [6.07, 6.45) is 1.60. The van der Waals surface area contributed by atoms with E-state index in [2.05, 4.69) is 23.0 Å². The number of H-pyrrole nitrogens is 1. The van der Waals surface area contributed by atoms with Gasteiger partial charge in [0.25, 0.3) is 0 Å². The first-order valence-electron chi connectivity index (χ1n) is 12.3. The molecule has 1 unspecified atom stereocenters. The smallest absolute Gasteiger partial charge is 0.173 e. The third kappa shape index (κ3) is 3.23. The number of likely N-dealkylation sites (tertiary alicyclic amines) is 1. The molecule has 1 saturated heterocycles. The Labute approximate surface area is 206 Å². The monoisotopic (exact) mass is 486 g/mol. The molecule has 6 rings (SSSR count). The van der Waals surface area contributed by atoms with Crippen LogP contribution in [-0.2, 0) is 14.9 Å². The molecular formula is C29H31N2O3P. The maximum Gasteiger partial charge on any atom is 0.173 e. The highest BCUT2D eigenvalue weighted by atomic mass is 31.2. The number of hydrogen-bond donors (Lipinski definition) is 2. The number of fused-ring (bicyclic) bond motifs is 6. The number of aromatic nitrogens is 1. The molecule has 2 N–H and O–H groups in total. The number of hydrogen-bond acceptors (Lipinski definition) is 4. The van der Waals surface area contributed by atoms with Crippen molar-refractivity contribution in [2.75, 3.05) is 20.7 Å². The predicted molar refractivity (Wildman–Crippen MR) is 141 cm³/mol. The van der Waals surface area contributed by atoms with Crippen LogP contribution in [0.4, 0.5) is 0 Å². The van der Waals surface area contributed by atoms with Crippen LogP contribution in [0.15, 0.2) is 84.9 Å². The van der Waals surface area contributed by atoms with Crippen LogP contribution >= 0.6 is 7.14 Å². The van der Waals surface area contributed by atoms with E-state index in [0.29, 0.717) is 10.6 Å². The molecule has 35 heavy (non-hydrogen) atoms. The van der Waals surface area contributed by atoms with Crippen molar-refractivity contribution in [1.29, 1.82) is 0 Å². The zero-order chi connectivity index (χ0) is 24.2. The third-order valence-corrected chi connectivity index (χ3v) is 11.6. The van der Waals surface area contributed by atoms with Gasteiger partial charge in [-0.3, -0.25) is 4.90 Å². The van der Waals surface area contributed by atoms with Gasteiger partial charge in [-0.1, -0.05) is 78.9 Å². The minimum Gasteiger partial charge on any atom is -0.380 e. The summed E-state index contributed by atoms with van der Waals surface area (Å²) in [5, 5.41) is 15.4. The fraction of sp³-hybridized carbons (Fsp3) is 0.310. The second-order valence-electron chi connectivity index (χ2n) is 9.92. The zero-order valence-electron chi connectivity index (χ0n) is 20.1. The van der Waals surface area contributed by atoms with Crippen LogP contribution in [0.2, 0.25) is 0 Å². The molecule has 4 aromatic rings. The largest absolute Gasteiger partial charge is 0.380 e. The molecule has 4 atom stereocenters. The molecule has 5 nitrogen and oxygen atoms in total. The number of ether oxygens (including phenoxy) is 1. The number of piperidine rings is 1. The van der Waals surface area contributed by atoms with Crippen LogP contribution in [-0.4, -0.2) is 41.5 Å². The van der Waals surface area contributed by atoms with Crippen molar-refractivity contribution >= 4 is 28.7 Å². The fourth-order valence-corrected chi connectivity index (χ4v) is 9.76. The summed E-state index contributed by atoms with van der Waals surface area (Å²) in [4.78, 5) is 5.95. The SMILES string of the molecule is COC([C@]1(O)c2[nH]c3ccccc3c2[C@@H]2C[C@H]1CCN2C)P(=O)(c1ccccc1)c1ccccc1. The van der Waals surface area contributed by atoms with Gasteiger partial charge in [0.15, 0.2) is 13.0 Å². The Morgan fingerprint density at radius 3 is 2.23 bits per heavy atom. The highest BCUT2D eigenvalue weighted by molar-refractivity contribution is 7.79. The molecule has 1 aliphatic carbocycles. The molecule has 180 valence electrons. The second kappa shape index (κ2) is 8.46. The normalized spacial score (nSPS) is 25.3. The van der Waals surface area contributed by atoms with E-state index in [9.17, 15) is 5.11 Å². The Hall–Kier alpha value is -2.69. The van der Waals surface area contributed by atoms with E-state index in [1.165, 1.54) is 0 Å². The Balaban J connectivity index is 1.64. The lowest BCUT2D eigenvalue weighted by atomic mass is 9.68. The van der Waals surface area contributed by atoms with Gasteiger partial charge in [-0.15, -0.1) is 0 Å². The van der Waals surface area contributed by atoms with Crippen molar-refractivity contribution in [2.45, 2.75) is 30.3 Å². The van der Waals surface area contributed by atoms with Crippen molar-refractivity contribution in [1.82, 2.24) is 9.88 Å². The number of nitrogens with zero attached hydrogens (tertiary/aromatic N) is 1. The number of nitrogens with one attached hydrogen (secondary N) is 1. The molecule has 1 aliphatic heterocycles. The quantitative estimate of drug-likeness (QED) is 0.400. The van der Waals surface area contributed by atoms with Crippen LogP contribution in [0.1, 0.15) is 30.1 Å². The van der Waals surface area contributed by atoms with Crippen LogP contribution in [0, 0.1) is 5.92 Å². The summed E-state index contributed by atoms with van der Waals surface area (Å²) in [5.41, 5.74) is 1.41. The van der Waals surface area contributed by atoms with Gasteiger partial charge in [0.1, 0.15) is 5.60 Å². The predicted octanol–water partition coefficient (Wildman–Crippen LogP) is 4.74. The van der Waals surface area contributed by atoms with E-state index >= 15 is 4.57 Å². The first kappa shape index (κ1) is 22.8. The minimum absolute atomic E-state index is 0.0880. The molecule has 2 bridgehead atoms. The molecule has 0 spiro atoms. The zero-order valence-corrected chi connectivity index (χ0v) is 21.0. The van der Waals surface area contributed by atoms with Crippen LogP contribution in [0.3, 0.4) is 0 Å². The van der Waals surface area contributed by atoms with Crippen molar-refractivity contribution in [3.63, 3.8) is 0 Å². The van der Waals surface area contributed by atoms with Gasteiger partial charge < -0.3 is 19.4 Å². The van der Waals surface area contributed by atoms with E-state index in [0.717, 1.165) is 41.5 Å². The van der Waals surface area contributed by atoms with Gasteiger partial charge in [0.2, 0.25) is 0 Å². The second-order valence-corrected chi connectivity index (χ2v) is 12.7. The first-order chi connectivity index (χ1) is 17.0. The highest BCUT2D eigenvalue weighted by Gasteiger charge is 2.60. The lowest BCUT2D eigenvalue weighted by molar-refractivity contribution is -0.132. The third-order valence-electron chi connectivity index (χ3n) is 8.18. The van der Waals surface area contributed by atoms with Crippen LogP contribution in [0.5, 0.6) is 0 Å². The van der Waals surface area contributed by atoms with Gasteiger partial charge in [-0.05, 0) is 38.4 Å². The molecule has 0 amide bonds. The number of methoxy groups -OCH3 is 1. The topological polar surface area (TPSA) is 65.6 Å². The Kier molecular flexibility index (Phi) is 5.50. The van der Waals surface area contributed by atoms with E-state index in [1.54, 1.807) is 7.11 Å². The van der Waals surface area contributed by atoms with Gasteiger partial charge in [-0.25, -0.2) is 0 Å². The van der Waals surface area contributed by atoms with Crippen molar-refractivity contribution in [2.24, 2.45) is 5.92 Å². The number of benzene rings is 3. The lowest BCUT2D eigenvalue weighted by Crippen LogP contribution is -2.56. The average Bonchev–Trinajstić information content (AvgIpc) is 3.30. The molecule has 0 saturated carbocycles. The standard InChI is InChI=1S/C29H31N2O3P/c1-31-18-17-20-19-25(31)26-23-15-9-10-16-24(23)30-27(26)29(20,32)28(34-2)35(33,21-11-5-3-6-12-21)22-13-7-4-8-14-22/h3-16,20,25,28,30,32H,17-19H2,1-2H3/t20-,25+,28?,29-/m1/s1. The molecule has 3 aromatic carbocycles. The molecule has 1 fully saturated rings. The summed E-state index contributed by atoms with van der Waals surface area (Å²) in [5.74, 6) is -1.03. The van der Waals surface area contributed by atoms with Gasteiger partial charge in [0, 0.05) is 40.2 Å². The molecule has 2 aliphatic rings.